The van der Waals surface area contributed by atoms with Gasteiger partial charge in [0, 0.05) is 30.4 Å². The Morgan fingerprint density at radius 3 is 2.46 bits per heavy atom. The van der Waals surface area contributed by atoms with Gasteiger partial charge in [-0.25, -0.2) is 0 Å². The molecule has 1 aliphatic carbocycles. The molecule has 0 spiro atoms. The minimum absolute atomic E-state index is 0.143. The molecule has 0 bridgehead atoms. The highest BCUT2D eigenvalue weighted by Crippen LogP contribution is 2.41. The molecular formula is C22H29ClN4O. The summed E-state index contributed by atoms with van der Waals surface area (Å²) in [5, 5.41) is 8.26. The van der Waals surface area contributed by atoms with Crippen LogP contribution in [0.15, 0.2) is 24.3 Å². The van der Waals surface area contributed by atoms with E-state index in [0.717, 1.165) is 24.5 Å². The lowest BCUT2D eigenvalue weighted by Gasteiger charge is -2.29. The molecule has 0 radical (unpaired) electrons. The van der Waals surface area contributed by atoms with Crippen LogP contribution >= 0.6 is 11.6 Å². The molecule has 6 heteroatoms. The van der Waals surface area contributed by atoms with E-state index in [0.29, 0.717) is 22.3 Å². The first kappa shape index (κ1) is 19.3. The molecule has 0 unspecified atom stereocenters. The van der Waals surface area contributed by atoms with Gasteiger partial charge in [-0.05, 0) is 77.1 Å². The minimum atomic E-state index is -0.188. The highest BCUT2D eigenvalue weighted by molar-refractivity contribution is 6.33. The quantitative estimate of drug-likeness (QED) is 0.746. The highest BCUT2D eigenvalue weighted by Gasteiger charge is 2.32. The van der Waals surface area contributed by atoms with Crippen LogP contribution in [0, 0.1) is 0 Å². The number of rotatable bonds is 4. The normalized spacial score (nSPS) is 17.6. The molecule has 5 nitrogen and oxygen atoms in total. The number of anilines is 2. The third-order valence-corrected chi connectivity index (χ3v) is 5.81. The van der Waals surface area contributed by atoms with Gasteiger partial charge < -0.3 is 10.2 Å². The second-order valence-electron chi connectivity index (χ2n) is 8.98. The SMILES string of the molecule is CC(C)(C)n1nc(C(=O)Nc2ccc(N3CCCCC3)c(Cl)c2)cc1C1CC1. The number of piperidine rings is 1. The van der Waals surface area contributed by atoms with Gasteiger partial charge in [0.05, 0.1) is 16.2 Å². The maximum Gasteiger partial charge on any atom is 0.276 e. The van der Waals surface area contributed by atoms with Crippen LogP contribution in [-0.2, 0) is 5.54 Å². The van der Waals surface area contributed by atoms with Gasteiger partial charge in [0.25, 0.3) is 5.91 Å². The number of amides is 1. The fraction of sp³-hybridized carbons (Fsp3) is 0.545. The summed E-state index contributed by atoms with van der Waals surface area (Å²) < 4.78 is 2.01. The monoisotopic (exact) mass is 400 g/mol. The maximum atomic E-state index is 12.8. The first-order chi connectivity index (χ1) is 13.3. The van der Waals surface area contributed by atoms with Gasteiger partial charge in [-0.15, -0.1) is 0 Å². The molecule has 1 aliphatic heterocycles. The van der Waals surface area contributed by atoms with Crippen molar-refractivity contribution in [3.8, 4) is 0 Å². The number of carbonyl (C=O) groups excluding carboxylic acids is 1. The van der Waals surface area contributed by atoms with Crippen LogP contribution in [0.25, 0.3) is 0 Å². The van der Waals surface area contributed by atoms with Crippen molar-refractivity contribution in [3.63, 3.8) is 0 Å². The van der Waals surface area contributed by atoms with Gasteiger partial charge in [-0.3, -0.25) is 9.48 Å². The Morgan fingerprint density at radius 1 is 1.14 bits per heavy atom. The summed E-state index contributed by atoms with van der Waals surface area (Å²) in [6.45, 7) is 8.44. The van der Waals surface area contributed by atoms with Crippen molar-refractivity contribution in [2.45, 2.75) is 64.3 Å². The molecule has 2 fully saturated rings. The third kappa shape index (κ3) is 4.04. The molecule has 150 valence electrons. The minimum Gasteiger partial charge on any atom is -0.370 e. The molecule has 1 amide bonds. The highest BCUT2D eigenvalue weighted by atomic mass is 35.5. The Balaban J connectivity index is 1.51. The fourth-order valence-electron chi connectivity index (χ4n) is 3.88. The molecule has 1 N–H and O–H groups in total. The van der Waals surface area contributed by atoms with Gasteiger partial charge in [-0.2, -0.15) is 5.10 Å². The standard InChI is InChI=1S/C22H29ClN4O/c1-22(2,3)27-20(15-7-8-15)14-18(25-27)21(28)24-16-9-10-19(17(23)13-16)26-11-5-4-6-12-26/h9-10,13-15H,4-8,11-12H2,1-3H3,(H,24,28). The number of nitrogens with one attached hydrogen (secondary N) is 1. The predicted molar refractivity (Wildman–Crippen MR) is 115 cm³/mol. The van der Waals surface area contributed by atoms with E-state index in [1.165, 1.54) is 32.1 Å². The van der Waals surface area contributed by atoms with Crippen LogP contribution in [0.3, 0.4) is 0 Å². The van der Waals surface area contributed by atoms with Crippen molar-refractivity contribution in [3.05, 3.63) is 40.7 Å². The number of carbonyl (C=O) groups is 1. The van der Waals surface area contributed by atoms with Crippen molar-refractivity contribution >= 4 is 28.9 Å². The Kier molecular flexibility index (Phi) is 5.13. The van der Waals surface area contributed by atoms with E-state index in [4.69, 9.17) is 11.6 Å². The Morgan fingerprint density at radius 2 is 1.86 bits per heavy atom. The van der Waals surface area contributed by atoms with Crippen LogP contribution in [-0.4, -0.2) is 28.8 Å². The molecule has 28 heavy (non-hydrogen) atoms. The summed E-state index contributed by atoms with van der Waals surface area (Å²) in [6.07, 6.45) is 6.04. The molecule has 1 saturated carbocycles. The van der Waals surface area contributed by atoms with Crippen LogP contribution in [0.2, 0.25) is 5.02 Å². The Bertz CT molecular complexity index is 873. The van der Waals surface area contributed by atoms with Gasteiger partial charge in [0.15, 0.2) is 5.69 Å². The van der Waals surface area contributed by atoms with E-state index in [9.17, 15) is 4.79 Å². The van der Waals surface area contributed by atoms with E-state index >= 15 is 0 Å². The largest absolute Gasteiger partial charge is 0.370 e. The lowest BCUT2D eigenvalue weighted by molar-refractivity contribution is 0.102. The van der Waals surface area contributed by atoms with Crippen LogP contribution in [0.4, 0.5) is 11.4 Å². The zero-order valence-electron chi connectivity index (χ0n) is 17.0. The van der Waals surface area contributed by atoms with Crippen molar-refractivity contribution in [2.75, 3.05) is 23.3 Å². The molecule has 2 aliphatic rings. The second kappa shape index (κ2) is 7.43. The van der Waals surface area contributed by atoms with Gasteiger partial charge in [0.2, 0.25) is 0 Å². The van der Waals surface area contributed by atoms with Crippen molar-refractivity contribution in [1.29, 1.82) is 0 Å². The summed E-state index contributed by atoms with van der Waals surface area (Å²) in [5.74, 6) is 0.346. The smallest absolute Gasteiger partial charge is 0.276 e. The van der Waals surface area contributed by atoms with Gasteiger partial charge >= 0.3 is 0 Å². The van der Waals surface area contributed by atoms with Crippen molar-refractivity contribution < 1.29 is 4.79 Å². The van der Waals surface area contributed by atoms with Crippen LogP contribution in [0.5, 0.6) is 0 Å². The molecule has 4 rings (SSSR count). The number of aromatic nitrogens is 2. The summed E-state index contributed by atoms with van der Waals surface area (Å²) in [4.78, 5) is 15.1. The predicted octanol–water partition coefficient (Wildman–Crippen LogP) is 5.41. The number of nitrogens with zero attached hydrogens (tertiary/aromatic N) is 3. The second-order valence-corrected chi connectivity index (χ2v) is 9.39. The maximum absolute atomic E-state index is 12.8. The van der Waals surface area contributed by atoms with Crippen LogP contribution < -0.4 is 10.2 Å². The third-order valence-electron chi connectivity index (χ3n) is 5.50. The molecule has 1 aromatic carbocycles. The molecule has 1 aromatic heterocycles. The first-order valence-electron chi connectivity index (χ1n) is 10.3. The number of benzene rings is 1. The van der Waals surface area contributed by atoms with Gasteiger partial charge in [0.1, 0.15) is 0 Å². The topological polar surface area (TPSA) is 50.2 Å². The molecule has 1 saturated heterocycles. The zero-order chi connectivity index (χ0) is 19.9. The molecule has 0 atom stereocenters. The van der Waals surface area contributed by atoms with Crippen LogP contribution in [0.1, 0.15) is 75.0 Å². The number of hydrogen-bond acceptors (Lipinski definition) is 3. The summed E-state index contributed by atoms with van der Waals surface area (Å²) in [7, 11) is 0. The lowest BCUT2D eigenvalue weighted by atomic mass is 10.1. The number of halogens is 1. The van der Waals surface area contributed by atoms with E-state index in [1.807, 2.05) is 28.9 Å². The summed E-state index contributed by atoms with van der Waals surface area (Å²) >= 11 is 6.52. The lowest BCUT2D eigenvalue weighted by Crippen LogP contribution is -2.29. The number of hydrogen-bond donors (Lipinski definition) is 1. The first-order valence-corrected chi connectivity index (χ1v) is 10.7. The summed E-state index contributed by atoms with van der Waals surface area (Å²) in [5.41, 5.74) is 3.24. The van der Waals surface area contributed by atoms with Crippen molar-refractivity contribution in [2.24, 2.45) is 0 Å². The van der Waals surface area contributed by atoms with Crippen molar-refractivity contribution in [1.82, 2.24) is 9.78 Å². The average molecular weight is 401 g/mol. The molecule has 2 aromatic rings. The average Bonchev–Trinajstić information content (AvgIpc) is 3.39. The summed E-state index contributed by atoms with van der Waals surface area (Å²) in [6, 6.07) is 7.72. The van der Waals surface area contributed by atoms with E-state index < -0.39 is 0 Å². The molecular weight excluding hydrogens is 372 g/mol. The molecule has 2 heterocycles. The van der Waals surface area contributed by atoms with E-state index in [2.05, 4.69) is 36.1 Å². The zero-order valence-corrected chi connectivity index (χ0v) is 17.7. The van der Waals surface area contributed by atoms with E-state index in [-0.39, 0.29) is 11.4 Å². The Labute approximate surface area is 172 Å². The van der Waals surface area contributed by atoms with E-state index in [1.54, 1.807) is 0 Å². The Hall–Kier alpha value is -2.01. The van der Waals surface area contributed by atoms with Gasteiger partial charge in [-0.1, -0.05) is 11.6 Å². The fourth-order valence-corrected chi connectivity index (χ4v) is 4.18.